The fraction of sp³-hybridized carbons (Fsp3) is 0.800. The monoisotopic (exact) mass is 248 g/mol. The van der Waals surface area contributed by atoms with Gasteiger partial charge in [0.05, 0.1) is 5.75 Å². The van der Waals surface area contributed by atoms with E-state index in [2.05, 4.69) is 5.32 Å². The van der Waals surface area contributed by atoms with Crippen LogP contribution in [0.5, 0.6) is 0 Å². The molecule has 0 rings (SSSR count). The van der Waals surface area contributed by atoms with E-state index in [1.54, 1.807) is 13.8 Å². The van der Waals surface area contributed by atoms with Gasteiger partial charge in [0.25, 0.3) is 0 Å². The quantitative estimate of drug-likeness (QED) is 0.634. The molecule has 0 aliphatic carbocycles. The third-order valence-corrected chi connectivity index (χ3v) is 3.44. The van der Waals surface area contributed by atoms with Gasteiger partial charge in [-0.05, 0) is 27.7 Å². The molecule has 6 heteroatoms. The van der Waals surface area contributed by atoms with E-state index in [0.717, 1.165) is 0 Å². The van der Waals surface area contributed by atoms with Gasteiger partial charge in [-0.1, -0.05) is 0 Å². The minimum absolute atomic E-state index is 0.0874. The molecule has 4 N–H and O–H groups in total. The standard InChI is InChI=1S/C10H20N2O3S/c1-6(2)12-7(13)5-16-10(3,4)8(11)9(14)15/h6,8H,5,11H2,1-4H3,(H,12,13)(H,14,15)/t8-/m0/s1. The molecule has 0 spiro atoms. The second-order valence-electron chi connectivity index (χ2n) is 4.43. The molecule has 0 heterocycles. The van der Waals surface area contributed by atoms with Crippen LogP contribution >= 0.6 is 11.8 Å². The Labute approximate surface area is 100 Å². The van der Waals surface area contributed by atoms with Crippen molar-refractivity contribution in [1.82, 2.24) is 5.32 Å². The van der Waals surface area contributed by atoms with Gasteiger partial charge >= 0.3 is 5.97 Å². The number of amides is 1. The maximum Gasteiger partial charge on any atom is 0.321 e. The van der Waals surface area contributed by atoms with Gasteiger partial charge in [0, 0.05) is 10.8 Å². The van der Waals surface area contributed by atoms with E-state index in [0.29, 0.717) is 0 Å². The fourth-order valence-corrected chi connectivity index (χ4v) is 1.87. The van der Waals surface area contributed by atoms with Crippen LogP contribution in [0, 0.1) is 0 Å². The van der Waals surface area contributed by atoms with Crippen LogP contribution in [-0.2, 0) is 9.59 Å². The van der Waals surface area contributed by atoms with Crippen LogP contribution in [0.2, 0.25) is 0 Å². The number of carboxylic acid groups (broad SMARTS) is 1. The van der Waals surface area contributed by atoms with Gasteiger partial charge < -0.3 is 16.2 Å². The predicted octanol–water partition coefficient (Wildman–Crippen LogP) is 0.435. The Kier molecular flexibility index (Phi) is 5.81. The largest absolute Gasteiger partial charge is 0.480 e. The Balaban J connectivity index is 4.18. The van der Waals surface area contributed by atoms with E-state index in [1.807, 2.05) is 13.8 Å². The van der Waals surface area contributed by atoms with Crippen molar-refractivity contribution >= 4 is 23.6 Å². The molecule has 0 aliphatic rings. The first-order valence-electron chi connectivity index (χ1n) is 5.08. The lowest BCUT2D eigenvalue weighted by atomic mass is 10.1. The molecule has 0 bridgehead atoms. The van der Waals surface area contributed by atoms with E-state index in [1.165, 1.54) is 11.8 Å². The summed E-state index contributed by atoms with van der Waals surface area (Å²) in [5, 5.41) is 11.5. The number of rotatable bonds is 6. The first-order chi connectivity index (χ1) is 7.16. The minimum atomic E-state index is -1.05. The average Bonchev–Trinajstić information content (AvgIpc) is 2.12. The van der Waals surface area contributed by atoms with Crippen molar-refractivity contribution in [2.45, 2.75) is 44.5 Å². The maximum atomic E-state index is 11.4. The van der Waals surface area contributed by atoms with Gasteiger partial charge in [0.1, 0.15) is 6.04 Å². The molecule has 0 unspecified atom stereocenters. The molecule has 0 aliphatic heterocycles. The van der Waals surface area contributed by atoms with Gasteiger partial charge in [0.15, 0.2) is 0 Å². The number of aliphatic carboxylic acids is 1. The van der Waals surface area contributed by atoms with Crippen LogP contribution < -0.4 is 11.1 Å². The zero-order valence-corrected chi connectivity index (χ0v) is 10.9. The zero-order chi connectivity index (χ0) is 12.9. The number of nitrogens with two attached hydrogens (primary N) is 1. The highest BCUT2D eigenvalue weighted by Crippen LogP contribution is 2.27. The lowest BCUT2D eigenvalue weighted by Gasteiger charge is -2.27. The topological polar surface area (TPSA) is 92.4 Å². The van der Waals surface area contributed by atoms with Gasteiger partial charge in [-0.15, -0.1) is 11.8 Å². The Bertz CT molecular complexity index is 267. The highest BCUT2D eigenvalue weighted by molar-refractivity contribution is 8.01. The van der Waals surface area contributed by atoms with Gasteiger partial charge in [-0.3, -0.25) is 9.59 Å². The smallest absolute Gasteiger partial charge is 0.321 e. The van der Waals surface area contributed by atoms with Crippen molar-refractivity contribution in [2.75, 3.05) is 5.75 Å². The number of nitrogens with one attached hydrogen (secondary N) is 1. The number of hydrogen-bond donors (Lipinski definition) is 3. The van der Waals surface area contributed by atoms with Crippen LogP contribution in [0.4, 0.5) is 0 Å². The molecule has 94 valence electrons. The first-order valence-corrected chi connectivity index (χ1v) is 6.07. The van der Waals surface area contributed by atoms with Crippen LogP contribution in [0.1, 0.15) is 27.7 Å². The highest BCUT2D eigenvalue weighted by Gasteiger charge is 2.33. The minimum Gasteiger partial charge on any atom is -0.480 e. The average molecular weight is 248 g/mol. The molecule has 0 saturated heterocycles. The summed E-state index contributed by atoms with van der Waals surface area (Å²) in [5.41, 5.74) is 5.53. The summed E-state index contributed by atoms with van der Waals surface area (Å²) in [6.07, 6.45) is 0. The molecule has 1 amide bonds. The van der Waals surface area contributed by atoms with Gasteiger partial charge in [0.2, 0.25) is 5.91 Å². The SMILES string of the molecule is CC(C)NC(=O)CSC(C)(C)[C@@H](N)C(=O)O. The number of hydrogen-bond acceptors (Lipinski definition) is 4. The lowest BCUT2D eigenvalue weighted by molar-refractivity contribution is -0.139. The Morgan fingerprint density at radius 3 is 2.31 bits per heavy atom. The van der Waals surface area contributed by atoms with Crippen LogP contribution in [0.25, 0.3) is 0 Å². The summed E-state index contributed by atoms with van der Waals surface area (Å²) in [6, 6.07) is -0.895. The molecule has 0 fully saturated rings. The van der Waals surface area contributed by atoms with Crippen LogP contribution in [0.3, 0.4) is 0 Å². The lowest BCUT2D eigenvalue weighted by Crippen LogP contribution is -2.47. The highest BCUT2D eigenvalue weighted by atomic mass is 32.2. The van der Waals surface area contributed by atoms with E-state index >= 15 is 0 Å². The molecule has 0 saturated carbocycles. The van der Waals surface area contributed by atoms with E-state index in [9.17, 15) is 9.59 Å². The molecular formula is C10H20N2O3S. The van der Waals surface area contributed by atoms with Crippen LogP contribution in [-0.4, -0.2) is 39.6 Å². The van der Waals surface area contributed by atoms with Crippen molar-refractivity contribution in [2.24, 2.45) is 5.73 Å². The molecule has 1 atom stereocenters. The first kappa shape index (κ1) is 15.2. The number of carboxylic acids is 1. The summed E-state index contributed by atoms with van der Waals surface area (Å²) >= 11 is 1.25. The maximum absolute atomic E-state index is 11.4. The summed E-state index contributed by atoms with van der Waals surface area (Å²) < 4.78 is -0.667. The Hall–Kier alpha value is -0.750. The van der Waals surface area contributed by atoms with E-state index < -0.39 is 16.8 Å². The van der Waals surface area contributed by atoms with E-state index in [-0.39, 0.29) is 17.7 Å². The molecule has 5 nitrogen and oxygen atoms in total. The summed E-state index contributed by atoms with van der Waals surface area (Å²) in [4.78, 5) is 22.1. The molecule has 0 radical (unpaired) electrons. The molecular weight excluding hydrogens is 228 g/mol. The summed E-state index contributed by atoms with van der Waals surface area (Å²) in [6.45, 7) is 7.19. The fourth-order valence-electron chi connectivity index (χ4n) is 1.00. The normalized spacial score (nSPS) is 13.6. The van der Waals surface area contributed by atoms with Gasteiger partial charge in [-0.2, -0.15) is 0 Å². The zero-order valence-electron chi connectivity index (χ0n) is 10.1. The number of carbonyl (C=O) groups is 2. The summed E-state index contributed by atoms with van der Waals surface area (Å²) in [7, 11) is 0. The van der Waals surface area contributed by atoms with Crippen LogP contribution in [0.15, 0.2) is 0 Å². The predicted molar refractivity (Wildman–Crippen MR) is 65.4 cm³/mol. The van der Waals surface area contributed by atoms with E-state index in [4.69, 9.17) is 10.8 Å². The van der Waals surface area contributed by atoms with Crippen molar-refractivity contribution in [3.63, 3.8) is 0 Å². The second-order valence-corrected chi connectivity index (χ2v) is 6.06. The number of thioether (sulfide) groups is 1. The summed E-state index contributed by atoms with van der Waals surface area (Å²) in [5.74, 6) is -0.945. The Morgan fingerprint density at radius 2 is 1.94 bits per heavy atom. The molecule has 0 aromatic heterocycles. The van der Waals surface area contributed by atoms with Crippen molar-refractivity contribution in [3.05, 3.63) is 0 Å². The van der Waals surface area contributed by atoms with Crippen molar-refractivity contribution < 1.29 is 14.7 Å². The third-order valence-electron chi connectivity index (χ3n) is 2.04. The molecule has 0 aromatic carbocycles. The van der Waals surface area contributed by atoms with Crippen molar-refractivity contribution in [1.29, 1.82) is 0 Å². The molecule has 16 heavy (non-hydrogen) atoms. The van der Waals surface area contributed by atoms with Crippen molar-refractivity contribution in [3.8, 4) is 0 Å². The molecule has 0 aromatic rings. The van der Waals surface area contributed by atoms with Gasteiger partial charge in [-0.25, -0.2) is 0 Å². The second kappa shape index (κ2) is 6.10. The number of carbonyl (C=O) groups excluding carboxylic acids is 1. The Morgan fingerprint density at radius 1 is 1.44 bits per heavy atom. The third kappa shape index (κ3) is 5.37.